The normalized spacial score (nSPS) is 16.6. The molecule has 1 aliphatic rings. The summed E-state index contributed by atoms with van der Waals surface area (Å²) in [6.07, 6.45) is -3.56. The van der Waals surface area contributed by atoms with E-state index in [4.69, 9.17) is 5.73 Å². The molecule has 0 radical (unpaired) electrons. The van der Waals surface area contributed by atoms with Crippen molar-refractivity contribution in [2.24, 2.45) is 0 Å². The first-order valence-electron chi connectivity index (χ1n) is 5.22. The van der Waals surface area contributed by atoms with Gasteiger partial charge in [0.25, 0.3) is 0 Å². The second-order valence-corrected chi connectivity index (χ2v) is 3.90. The molecule has 0 spiro atoms. The summed E-state index contributed by atoms with van der Waals surface area (Å²) >= 11 is 0. The van der Waals surface area contributed by atoms with Crippen molar-refractivity contribution in [2.45, 2.75) is 6.18 Å². The van der Waals surface area contributed by atoms with Crippen LogP contribution in [-0.4, -0.2) is 30.5 Å². The maximum absolute atomic E-state index is 12.5. The number of nitrogens with two attached hydrogens (primary N) is 1. The lowest BCUT2D eigenvalue weighted by atomic mass is 10.2. The van der Waals surface area contributed by atoms with Gasteiger partial charge >= 0.3 is 6.18 Å². The minimum Gasteiger partial charge on any atom is -0.396 e. The van der Waals surface area contributed by atoms with Crippen molar-refractivity contribution in [3.8, 4) is 0 Å². The highest BCUT2D eigenvalue weighted by Gasteiger charge is 2.33. The summed E-state index contributed by atoms with van der Waals surface area (Å²) in [5, 5.41) is 2.59. The van der Waals surface area contributed by atoms with Gasteiger partial charge in [0.05, 0.1) is 24.1 Å². The third-order valence-corrected chi connectivity index (χ3v) is 2.58. The highest BCUT2D eigenvalue weighted by molar-refractivity contribution is 5.84. The zero-order valence-electron chi connectivity index (χ0n) is 9.29. The van der Waals surface area contributed by atoms with Crippen molar-refractivity contribution in [3.63, 3.8) is 0 Å². The van der Waals surface area contributed by atoms with Crippen molar-refractivity contribution in [1.82, 2.24) is 10.3 Å². The van der Waals surface area contributed by atoms with Crippen molar-refractivity contribution in [2.75, 3.05) is 30.3 Å². The van der Waals surface area contributed by atoms with E-state index in [2.05, 4.69) is 10.3 Å². The van der Waals surface area contributed by atoms with Crippen LogP contribution in [-0.2, 0) is 11.0 Å². The standard InChI is InChI=1S/C10H11F3N4O/c11-10(12,13)8-3-7(6(14)4-16-8)17-2-1-15-9(18)5-17/h3-4H,1-2,5,14H2,(H,15,18). The van der Waals surface area contributed by atoms with Gasteiger partial charge in [0.15, 0.2) is 0 Å². The molecule has 3 N–H and O–H groups in total. The van der Waals surface area contributed by atoms with E-state index in [0.29, 0.717) is 13.1 Å². The van der Waals surface area contributed by atoms with E-state index < -0.39 is 11.9 Å². The van der Waals surface area contributed by atoms with Crippen LogP contribution in [0.2, 0.25) is 0 Å². The monoisotopic (exact) mass is 260 g/mol. The van der Waals surface area contributed by atoms with Gasteiger partial charge in [0, 0.05) is 13.1 Å². The Hall–Kier alpha value is -1.99. The number of carbonyl (C=O) groups excluding carboxylic acids is 1. The molecular formula is C10H11F3N4O. The van der Waals surface area contributed by atoms with E-state index >= 15 is 0 Å². The molecule has 1 aromatic rings. The van der Waals surface area contributed by atoms with Crippen LogP contribution in [0.25, 0.3) is 0 Å². The molecule has 2 heterocycles. The number of hydrogen-bond donors (Lipinski definition) is 2. The predicted molar refractivity (Wildman–Crippen MR) is 58.9 cm³/mol. The van der Waals surface area contributed by atoms with Gasteiger partial charge in [-0.05, 0) is 6.07 Å². The van der Waals surface area contributed by atoms with Gasteiger partial charge in [-0.1, -0.05) is 0 Å². The Morgan fingerprint density at radius 3 is 2.78 bits per heavy atom. The summed E-state index contributed by atoms with van der Waals surface area (Å²) in [6.45, 7) is 0.782. The number of nitrogens with zero attached hydrogens (tertiary/aromatic N) is 2. The fourth-order valence-corrected chi connectivity index (χ4v) is 1.73. The number of alkyl halides is 3. The molecule has 1 fully saturated rings. The van der Waals surface area contributed by atoms with Crippen molar-refractivity contribution >= 4 is 17.3 Å². The smallest absolute Gasteiger partial charge is 0.396 e. The third-order valence-electron chi connectivity index (χ3n) is 2.58. The summed E-state index contributed by atoms with van der Waals surface area (Å²) in [7, 11) is 0. The summed E-state index contributed by atoms with van der Waals surface area (Å²) in [5.41, 5.74) is 4.90. The molecule has 1 amide bonds. The number of nitrogens with one attached hydrogen (secondary N) is 1. The third kappa shape index (κ3) is 2.47. The Morgan fingerprint density at radius 1 is 1.44 bits per heavy atom. The molecule has 0 atom stereocenters. The van der Waals surface area contributed by atoms with E-state index in [1.807, 2.05) is 0 Å². The van der Waals surface area contributed by atoms with Crippen LogP contribution in [0.15, 0.2) is 12.3 Å². The van der Waals surface area contributed by atoms with Crippen LogP contribution in [0.1, 0.15) is 5.69 Å². The van der Waals surface area contributed by atoms with Crippen LogP contribution in [0.3, 0.4) is 0 Å². The largest absolute Gasteiger partial charge is 0.433 e. The molecular weight excluding hydrogens is 249 g/mol. The molecule has 2 rings (SSSR count). The van der Waals surface area contributed by atoms with E-state index in [-0.39, 0.29) is 23.8 Å². The zero-order valence-corrected chi connectivity index (χ0v) is 9.29. The number of nitrogen functional groups attached to an aromatic ring is 1. The maximum Gasteiger partial charge on any atom is 0.433 e. The molecule has 0 bridgehead atoms. The average Bonchev–Trinajstić information content (AvgIpc) is 2.28. The van der Waals surface area contributed by atoms with E-state index in [9.17, 15) is 18.0 Å². The second kappa shape index (κ2) is 4.35. The van der Waals surface area contributed by atoms with E-state index in [1.54, 1.807) is 0 Å². The quantitative estimate of drug-likeness (QED) is 0.776. The molecule has 8 heteroatoms. The SMILES string of the molecule is Nc1cnc(C(F)(F)F)cc1N1CCNC(=O)C1. The summed E-state index contributed by atoms with van der Waals surface area (Å²) in [5.74, 6) is -0.244. The number of anilines is 2. The van der Waals surface area contributed by atoms with Crippen LogP contribution in [0.5, 0.6) is 0 Å². The number of pyridine rings is 1. The van der Waals surface area contributed by atoms with Gasteiger partial charge in [-0.3, -0.25) is 4.79 Å². The number of amides is 1. The minimum atomic E-state index is -4.53. The Bertz CT molecular complexity index is 475. The number of rotatable bonds is 1. The lowest BCUT2D eigenvalue weighted by Crippen LogP contribution is -2.48. The number of hydrogen-bond acceptors (Lipinski definition) is 4. The van der Waals surface area contributed by atoms with Gasteiger partial charge in [-0.25, -0.2) is 4.98 Å². The van der Waals surface area contributed by atoms with Gasteiger partial charge in [-0.2, -0.15) is 13.2 Å². The Kier molecular flexibility index (Phi) is 3.02. The Balaban J connectivity index is 2.34. The summed E-state index contributed by atoms with van der Waals surface area (Å²) in [4.78, 5) is 16.0. The number of carbonyl (C=O) groups is 1. The first-order chi connectivity index (χ1) is 8.38. The molecule has 98 valence electrons. The Labute approximate surface area is 101 Å². The molecule has 0 unspecified atom stereocenters. The first-order valence-corrected chi connectivity index (χ1v) is 5.22. The van der Waals surface area contributed by atoms with Gasteiger partial charge in [-0.15, -0.1) is 0 Å². The lowest BCUT2D eigenvalue weighted by Gasteiger charge is -2.29. The fraction of sp³-hybridized carbons (Fsp3) is 0.400. The van der Waals surface area contributed by atoms with Crippen LogP contribution >= 0.6 is 0 Å². The molecule has 5 nitrogen and oxygen atoms in total. The van der Waals surface area contributed by atoms with E-state index in [0.717, 1.165) is 12.3 Å². The van der Waals surface area contributed by atoms with Gasteiger partial charge in [0.2, 0.25) is 5.91 Å². The molecule has 0 aliphatic carbocycles. The van der Waals surface area contributed by atoms with E-state index in [1.165, 1.54) is 4.90 Å². The average molecular weight is 260 g/mol. The molecule has 1 saturated heterocycles. The summed E-state index contributed by atoms with van der Waals surface area (Å²) in [6, 6.07) is 0.869. The second-order valence-electron chi connectivity index (χ2n) is 3.90. The highest BCUT2D eigenvalue weighted by Crippen LogP contribution is 2.32. The van der Waals surface area contributed by atoms with Crippen LogP contribution in [0, 0.1) is 0 Å². The van der Waals surface area contributed by atoms with Crippen molar-refractivity contribution in [3.05, 3.63) is 18.0 Å². The summed E-state index contributed by atoms with van der Waals surface area (Å²) < 4.78 is 37.6. The molecule has 0 saturated carbocycles. The van der Waals surface area contributed by atoms with Gasteiger partial charge < -0.3 is 16.0 Å². The fourth-order valence-electron chi connectivity index (χ4n) is 1.73. The van der Waals surface area contributed by atoms with Crippen LogP contribution < -0.4 is 16.0 Å². The van der Waals surface area contributed by atoms with Crippen molar-refractivity contribution in [1.29, 1.82) is 0 Å². The Morgan fingerprint density at radius 2 is 2.17 bits per heavy atom. The topological polar surface area (TPSA) is 71.2 Å². The number of aromatic nitrogens is 1. The molecule has 0 aromatic carbocycles. The van der Waals surface area contributed by atoms with Gasteiger partial charge in [0.1, 0.15) is 5.69 Å². The minimum absolute atomic E-state index is 0.00842. The molecule has 18 heavy (non-hydrogen) atoms. The lowest BCUT2D eigenvalue weighted by molar-refractivity contribution is -0.141. The maximum atomic E-state index is 12.5. The highest BCUT2D eigenvalue weighted by atomic mass is 19.4. The number of halogens is 3. The molecule has 1 aliphatic heterocycles. The predicted octanol–water partition coefficient (Wildman–Crippen LogP) is 0.619. The molecule has 1 aromatic heterocycles. The van der Waals surface area contributed by atoms with Crippen molar-refractivity contribution < 1.29 is 18.0 Å². The zero-order chi connectivity index (χ0) is 13.3. The number of piperazine rings is 1. The van der Waals surface area contributed by atoms with Crippen LogP contribution in [0.4, 0.5) is 24.5 Å². The first kappa shape index (κ1) is 12.5.